The van der Waals surface area contributed by atoms with Crippen LogP contribution < -0.4 is 19.5 Å². The van der Waals surface area contributed by atoms with E-state index < -0.39 is 0 Å². The number of amides is 1. The van der Waals surface area contributed by atoms with Crippen molar-refractivity contribution < 1.29 is 19.0 Å². The highest BCUT2D eigenvalue weighted by molar-refractivity contribution is 5.96. The van der Waals surface area contributed by atoms with E-state index in [-0.39, 0.29) is 11.8 Å². The molecule has 0 aromatic heterocycles. The highest BCUT2D eigenvalue weighted by Gasteiger charge is 2.28. The third-order valence-electron chi connectivity index (χ3n) is 4.25. The molecule has 1 atom stereocenters. The molecule has 1 amide bonds. The summed E-state index contributed by atoms with van der Waals surface area (Å²) in [5.74, 6) is 2.07. The molecule has 0 unspecified atom stereocenters. The van der Waals surface area contributed by atoms with Crippen molar-refractivity contribution in [3.05, 3.63) is 47.5 Å². The Morgan fingerprint density at radius 1 is 1.08 bits per heavy atom. The van der Waals surface area contributed by atoms with E-state index in [4.69, 9.17) is 14.2 Å². The normalized spacial score (nSPS) is 16.0. The van der Waals surface area contributed by atoms with Gasteiger partial charge in [-0.3, -0.25) is 4.79 Å². The van der Waals surface area contributed by atoms with Gasteiger partial charge in [0.2, 0.25) is 5.91 Å². The van der Waals surface area contributed by atoms with Gasteiger partial charge in [0.15, 0.2) is 11.5 Å². The maximum Gasteiger partial charge on any atom is 0.225 e. The van der Waals surface area contributed by atoms with Crippen molar-refractivity contribution in [1.82, 2.24) is 0 Å². The van der Waals surface area contributed by atoms with Crippen LogP contribution in [-0.4, -0.2) is 26.2 Å². The van der Waals surface area contributed by atoms with E-state index in [1.165, 1.54) is 0 Å². The van der Waals surface area contributed by atoms with Gasteiger partial charge in [-0.1, -0.05) is 12.1 Å². The fraction of sp³-hybridized carbons (Fsp3) is 0.350. The van der Waals surface area contributed by atoms with E-state index in [2.05, 4.69) is 5.32 Å². The summed E-state index contributed by atoms with van der Waals surface area (Å²) in [7, 11) is 1.64. The van der Waals surface area contributed by atoms with Crippen LogP contribution in [0.2, 0.25) is 0 Å². The van der Waals surface area contributed by atoms with E-state index in [0.717, 1.165) is 22.6 Å². The molecule has 0 fully saturated rings. The van der Waals surface area contributed by atoms with E-state index in [1.54, 1.807) is 7.11 Å². The Morgan fingerprint density at radius 3 is 2.48 bits per heavy atom. The highest BCUT2D eigenvalue weighted by Crippen LogP contribution is 2.43. The average molecular weight is 341 g/mol. The molecule has 0 aliphatic carbocycles. The first-order chi connectivity index (χ1) is 12.2. The van der Waals surface area contributed by atoms with Crippen LogP contribution in [0.3, 0.4) is 0 Å². The third-order valence-corrected chi connectivity index (χ3v) is 4.25. The SMILES string of the molecule is CCOc1cc2c(cc1OCC)[C@@H](c1cccc(OC)c1)CC(=O)N2. The van der Waals surface area contributed by atoms with Gasteiger partial charge in [0.25, 0.3) is 0 Å². The zero-order valence-corrected chi connectivity index (χ0v) is 14.8. The number of methoxy groups -OCH3 is 1. The molecular weight excluding hydrogens is 318 g/mol. The molecule has 1 N–H and O–H groups in total. The van der Waals surface area contributed by atoms with E-state index in [0.29, 0.717) is 31.1 Å². The van der Waals surface area contributed by atoms with Crippen LogP contribution in [0.25, 0.3) is 0 Å². The van der Waals surface area contributed by atoms with Crippen molar-refractivity contribution in [2.45, 2.75) is 26.2 Å². The van der Waals surface area contributed by atoms with Crippen molar-refractivity contribution in [2.75, 3.05) is 25.6 Å². The predicted octanol–water partition coefficient (Wildman–Crippen LogP) is 3.97. The first-order valence-electron chi connectivity index (χ1n) is 8.53. The molecule has 2 aromatic carbocycles. The maximum absolute atomic E-state index is 12.2. The van der Waals surface area contributed by atoms with Crippen molar-refractivity contribution in [3.8, 4) is 17.2 Å². The van der Waals surface area contributed by atoms with Gasteiger partial charge in [-0.15, -0.1) is 0 Å². The minimum atomic E-state index is -0.0475. The van der Waals surface area contributed by atoms with Crippen molar-refractivity contribution >= 4 is 11.6 Å². The Morgan fingerprint density at radius 2 is 1.80 bits per heavy atom. The topological polar surface area (TPSA) is 56.8 Å². The van der Waals surface area contributed by atoms with Gasteiger partial charge in [0.1, 0.15) is 5.75 Å². The molecule has 0 radical (unpaired) electrons. The predicted molar refractivity (Wildman–Crippen MR) is 96.9 cm³/mol. The monoisotopic (exact) mass is 341 g/mol. The molecule has 0 spiro atoms. The fourth-order valence-corrected chi connectivity index (χ4v) is 3.16. The van der Waals surface area contributed by atoms with Crippen molar-refractivity contribution in [1.29, 1.82) is 0 Å². The summed E-state index contributed by atoms with van der Waals surface area (Å²) in [5.41, 5.74) is 2.85. The second-order valence-corrected chi connectivity index (χ2v) is 5.83. The lowest BCUT2D eigenvalue weighted by Gasteiger charge is -2.27. The second kappa shape index (κ2) is 7.47. The molecule has 0 bridgehead atoms. The lowest BCUT2D eigenvalue weighted by molar-refractivity contribution is -0.116. The molecule has 1 heterocycles. The number of hydrogen-bond donors (Lipinski definition) is 1. The van der Waals surface area contributed by atoms with Gasteiger partial charge in [0.05, 0.1) is 20.3 Å². The number of fused-ring (bicyclic) bond motifs is 1. The number of carbonyl (C=O) groups is 1. The Kier molecular flexibility index (Phi) is 5.12. The van der Waals surface area contributed by atoms with Crippen LogP contribution >= 0.6 is 0 Å². The Balaban J connectivity index is 2.09. The van der Waals surface area contributed by atoms with Crippen LogP contribution in [-0.2, 0) is 4.79 Å². The maximum atomic E-state index is 12.2. The van der Waals surface area contributed by atoms with Crippen LogP contribution in [0.15, 0.2) is 36.4 Å². The molecule has 0 saturated heterocycles. The van der Waals surface area contributed by atoms with E-state index in [9.17, 15) is 4.79 Å². The van der Waals surface area contributed by atoms with Crippen LogP contribution in [0, 0.1) is 0 Å². The Hall–Kier alpha value is -2.69. The number of rotatable bonds is 6. The standard InChI is InChI=1S/C20H23NO4/c1-4-24-18-10-16-15(13-7-6-8-14(9-13)23-3)11-20(22)21-17(16)12-19(18)25-5-2/h6-10,12,15H,4-5,11H2,1-3H3,(H,21,22)/t15-/m1/s1. The third kappa shape index (κ3) is 3.55. The number of hydrogen-bond acceptors (Lipinski definition) is 4. The molecular formula is C20H23NO4. The molecule has 2 aromatic rings. The van der Waals surface area contributed by atoms with E-state index in [1.807, 2.05) is 50.2 Å². The molecule has 1 aliphatic rings. The summed E-state index contributed by atoms with van der Waals surface area (Å²) in [5, 5.41) is 2.95. The molecule has 1 aliphatic heterocycles. The zero-order valence-electron chi connectivity index (χ0n) is 14.8. The summed E-state index contributed by atoms with van der Waals surface area (Å²) in [6, 6.07) is 11.7. The molecule has 25 heavy (non-hydrogen) atoms. The van der Waals surface area contributed by atoms with Crippen LogP contribution in [0.5, 0.6) is 17.2 Å². The first-order valence-corrected chi connectivity index (χ1v) is 8.53. The summed E-state index contributed by atoms with van der Waals surface area (Å²) in [4.78, 5) is 12.2. The van der Waals surface area contributed by atoms with E-state index >= 15 is 0 Å². The van der Waals surface area contributed by atoms with Crippen LogP contribution in [0.4, 0.5) is 5.69 Å². The molecule has 5 heteroatoms. The molecule has 0 saturated carbocycles. The van der Waals surface area contributed by atoms with Gasteiger partial charge in [-0.05, 0) is 43.2 Å². The summed E-state index contributed by atoms with van der Waals surface area (Å²) < 4.78 is 16.7. The number of ether oxygens (including phenoxy) is 3. The lowest BCUT2D eigenvalue weighted by Crippen LogP contribution is -2.23. The van der Waals surface area contributed by atoms with Gasteiger partial charge in [-0.2, -0.15) is 0 Å². The lowest BCUT2D eigenvalue weighted by atomic mass is 9.84. The molecule has 3 rings (SSSR count). The Labute approximate surface area is 147 Å². The molecule has 132 valence electrons. The largest absolute Gasteiger partial charge is 0.497 e. The summed E-state index contributed by atoms with van der Waals surface area (Å²) >= 11 is 0. The average Bonchev–Trinajstić information content (AvgIpc) is 2.62. The molecule has 5 nitrogen and oxygen atoms in total. The number of anilines is 1. The second-order valence-electron chi connectivity index (χ2n) is 5.83. The summed E-state index contributed by atoms with van der Waals surface area (Å²) in [6.07, 6.45) is 0.389. The van der Waals surface area contributed by atoms with Gasteiger partial charge < -0.3 is 19.5 Å². The van der Waals surface area contributed by atoms with Crippen LogP contribution in [0.1, 0.15) is 37.3 Å². The number of carbonyl (C=O) groups excluding carboxylic acids is 1. The van der Waals surface area contributed by atoms with Gasteiger partial charge in [0, 0.05) is 24.1 Å². The fourth-order valence-electron chi connectivity index (χ4n) is 3.16. The highest BCUT2D eigenvalue weighted by atomic mass is 16.5. The van der Waals surface area contributed by atoms with Gasteiger partial charge in [-0.25, -0.2) is 0 Å². The number of nitrogens with one attached hydrogen (secondary N) is 1. The minimum absolute atomic E-state index is 0.00747. The van der Waals surface area contributed by atoms with Gasteiger partial charge >= 0.3 is 0 Å². The minimum Gasteiger partial charge on any atom is -0.497 e. The van der Waals surface area contributed by atoms with Crippen molar-refractivity contribution in [2.24, 2.45) is 0 Å². The summed E-state index contributed by atoms with van der Waals surface area (Å²) in [6.45, 7) is 4.95. The van der Waals surface area contributed by atoms with Crippen molar-refractivity contribution in [3.63, 3.8) is 0 Å². The Bertz CT molecular complexity index is 772. The quantitative estimate of drug-likeness (QED) is 0.864. The smallest absolute Gasteiger partial charge is 0.225 e. The zero-order chi connectivity index (χ0) is 17.8. The number of benzene rings is 2. The first kappa shape index (κ1) is 17.1.